The van der Waals surface area contributed by atoms with Gasteiger partial charge in [0.2, 0.25) is 0 Å². The van der Waals surface area contributed by atoms with Crippen LogP contribution in [0.15, 0.2) is 53.4 Å². The van der Waals surface area contributed by atoms with Gasteiger partial charge in [-0.25, -0.2) is 4.79 Å². The number of rotatable bonds is 6. The highest BCUT2D eigenvalue weighted by molar-refractivity contribution is 7.98. The Kier molecular flexibility index (Phi) is 6.26. The van der Waals surface area contributed by atoms with E-state index >= 15 is 0 Å². The first-order valence-electron chi connectivity index (χ1n) is 7.39. The normalized spacial score (nSPS) is 10.2. The number of carbonyl (C=O) groups excluding carboxylic acids is 2. The van der Waals surface area contributed by atoms with Crippen LogP contribution in [0.3, 0.4) is 0 Å². The smallest absolute Gasteiger partial charge is 0.338 e. The van der Waals surface area contributed by atoms with E-state index in [4.69, 9.17) is 10.5 Å². The molecule has 0 atom stereocenters. The molecule has 2 aromatic rings. The number of nitrogen functional groups attached to an aromatic ring is 1. The van der Waals surface area contributed by atoms with Crippen molar-refractivity contribution >= 4 is 29.3 Å². The number of nitrogens with two attached hydrogens (primary N) is 1. The molecule has 0 unspecified atom stereocenters. The molecule has 2 aromatic carbocycles. The van der Waals surface area contributed by atoms with Gasteiger partial charge in [0, 0.05) is 24.2 Å². The number of thioether (sulfide) groups is 1. The lowest BCUT2D eigenvalue weighted by molar-refractivity contribution is -0.133. The van der Waals surface area contributed by atoms with Gasteiger partial charge in [-0.05, 0) is 48.2 Å². The summed E-state index contributed by atoms with van der Waals surface area (Å²) < 4.78 is 5.05. The molecule has 0 saturated carbocycles. The highest BCUT2D eigenvalue weighted by atomic mass is 32.2. The lowest BCUT2D eigenvalue weighted by Crippen LogP contribution is -2.30. The van der Waals surface area contributed by atoms with Crippen LogP contribution in [0.4, 0.5) is 5.69 Å². The number of amides is 1. The standard InChI is InChI=1S/C18H20N2O3S/c1-20(11-13-3-9-16(24-2)10-4-13)17(21)12-23-18(22)14-5-7-15(19)8-6-14/h3-10H,11-12,19H2,1-2H3. The predicted octanol–water partition coefficient (Wildman–Crippen LogP) is 2.81. The minimum atomic E-state index is -0.541. The molecular weight excluding hydrogens is 324 g/mol. The summed E-state index contributed by atoms with van der Waals surface area (Å²) >= 11 is 1.67. The molecule has 1 amide bonds. The van der Waals surface area contributed by atoms with Gasteiger partial charge < -0.3 is 15.4 Å². The van der Waals surface area contributed by atoms with Gasteiger partial charge in [-0.2, -0.15) is 0 Å². The zero-order valence-corrected chi connectivity index (χ0v) is 14.5. The molecule has 0 aliphatic rings. The minimum absolute atomic E-state index is 0.257. The number of carbonyl (C=O) groups is 2. The first-order chi connectivity index (χ1) is 11.5. The van der Waals surface area contributed by atoms with Crippen LogP contribution < -0.4 is 5.73 Å². The fourth-order valence-electron chi connectivity index (χ4n) is 2.03. The Bertz CT molecular complexity index is 699. The average Bonchev–Trinajstić information content (AvgIpc) is 2.60. The van der Waals surface area contributed by atoms with Crippen molar-refractivity contribution in [3.63, 3.8) is 0 Å². The van der Waals surface area contributed by atoms with E-state index in [-0.39, 0.29) is 12.5 Å². The van der Waals surface area contributed by atoms with Crippen LogP contribution in [0.5, 0.6) is 0 Å². The van der Waals surface area contributed by atoms with Gasteiger partial charge in [0.25, 0.3) is 5.91 Å². The molecule has 0 spiro atoms. The number of hydrogen-bond donors (Lipinski definition) is 1. The number of anilines is 1. The zero-order chi connectivity index (χ0) is 17.5. The first kappa shape index (κ1) is 17.9. The van der Waals surface area contributed by atoms with Crippen LogP contribution in [0.2, 0.25) is 0 Å². The topological polar surface area (TPSA) is 72.6 Å². The third-order valence-electron chi connectivity index (χ3n) is 3.48. The molecule has 0 heterocycles. The van der Waals surface area contributed by atoms with Gasteiger partial charge in [-0.15, -0.1) is 11.8 Å². The summed E-state index contributed by atoms with van der Waals surface area (Å²) in [7, 11) is 1.68. The molecule has 0 aliphatic carbocycles. The molecule has 24 heavy (non-hydrogen) atoms. The van der Waals surface area contributed by atoms with Gasteiger partial charge in [0.1, 0.15) is 0 Å². The van der Waals surface area contributed by atoms with Gasteiger partial charge in [-0.3, -0.25) is 4.79 Å². The molecule has 0 aliphatic heterocycles. The van der Waals surface area contributed by atoms with Crippen molar-refractivity contribution in [3.8, 4) is 0 Å². The van der Waals surface area contributed by atoms with Crippen LogP contribution >= 0.6 is 11.8 Å². The van der Waals surface area contributed by atoms with Crippen molar-refractivity contribution in [3.05, 3.63) is 59.7 Å². The molecule has 0 aromatic heterocycles. The highest BCUT2D eigenvalue weighted by Gasteiger charge is 2.13. The van der Waals surface area contributed by atoms with E-state index in [9.17, 15) is 9.59 Å². The number of nitrogens with zero attached hydrogens (tertiary/aromatic N) is 1. The van der Waals surface area contributed by atoms with Crippen LogP contribution in [0.1, 0.15) is 15.9 Å². The molecule has 2 rings (SSSR count). The Hall–Kier alpha value is -2.47. The van der Waals surface area contributed by atoms with E-state index in [1.807, 2.05) is 30.5 Å². The van der Waals surface area contributed by atoms with Crippen LogP contribution in [0.25, 0.3) is 0 Å². The van der Waals surface area contributed by atoms with E-state index < -0.39 is 5.97 Å². The quantitative estimate of drug-likeness (QED) is 0.496. The molecule has 0 radical (unpaired) electrons. The summed E-state index contributed by atoms with van der Waals surface area (Å²) in [6, 6.07) is 14.4. The Balaban J connectivity index is 1.84. The predicted molar refractivity (Wildman–Crippen MR) is 95.8 cm³/mol. The molecule has 6 heteroatoms. The molecule has 2 N–H and O–H groups in total. The summed E-state index contributed by atoms with van der Waals surface area (Å²) in [4.78, 5) is 26.7. The largest absolute Gasteiger partial charge is 0.452 e. The summed E-state index contributed by atoms with van der Waals surface area (Å²) in [6.45, 7) is 0.176. The third kappa shape index (κ3) is 5.03. The fourth-order valence-corrected chi connectivity index (χ4v) is 2.44. The number of hydrogen-bond acceptors (Lipinski definition) is 5. The van der Waals surface area contributed by atoms with Gasteiger partial charge in [0.15, 0.2) is 6.61 Å². The van der Waals surface area contributed by atoms with Gasteiger partial charge >= 0.3 is 5.97 Å². The van der Waals surface area contributed by atoms with E-state index in [2.05, 4.69) is 0 Å². The number of ether oxygens (including phenoxy) is 1. The second-order valence-electron chi connectivity index (χ2n) is 5.30. The summed E-state index contributed by atoms with van der Waals surface area (Å²) in [5, 5.41) is 0. The van der Waals surface area contributed by atoms with Crippen molar-refractivity contribution in [1.82, 2.24) is 4.90 Å². The second-order valence-corrected chi connectivity index (χ2v) is 6.18. The van der Waals surface area contributed by atoms with Gasteiger partial charge in [-0.1, -0.05) is 12.1 Å². The average molecular weight is 344 g/mol. The van der Waals surface area contributed by atoms with Crippen molar-refractivity contribution in [2.75, 3.05) is 25.6 Å². The summed E-state index contributed by atoms with van der Waals surface area (Å²) in [5.74, 6) is -0.797. The Morgan fingerprint density at radius 1 is 1.08 bits per heavy atom. The monoisotopic (exact) mass is 344 g/mol. The molecule has 0 saturated heterocycles. The van der Waals surface area contributed by atoms with E-state index in [1.165, 1.54) is 9.80 Å². The lowest BCUT2D eigenvalue weighted by atomic mass is 10.2. The summed E-state index contributed by atoms with van der Waals surface area (Å²) in [5.41, 5.74) is 7.52. The molecule has 126 valence electrons. The maximum Gasteiger partial charge on any atom is 0.338 e. The molecule has 5 nitrogen and oxygen atoms in total. The Labute approximate surface area is 145 Å². The zero-order valence-electron chi connectivity index (χ0n) is 13.7. The molecular formula is C18H20N2O3S. The number of likely N-dealkylation sites (N-methyl/N-ethyl adjacent to an activating group) is 1. The SMILES string of the molecule is CSc1ccc(CN(C)C(=O)COC(=O)c2ccc(N)cc2)cc1. The maximum atomic E-state index is 12.1. The van der Waals surface area contributed by atoms with Crippen molar-refractivity contribution in [1.29, 1.82) is 0 Å². The van der Waals surface area contributed by atoms with E-state index in [1.54, 1.807) is 43.1 Å². The van der Waals surface area contributed by atoms with Crippen LogP contribution in [0, 0.1) is 0 Å². The fraction of sp³-hybridized carbons (Fsp3) is 0.222. The Morgan fingerprint density at radius 3 is 2.29 bits per heavy atom. The van der Waals surface area contributed by atoms with Crippen molar-refractivity contribution in [2.24, 2.45) is 0 Å². The molecule has 0 fully saturated rings. The third-order valence-corrected chi connectivity index (χ3v) is 4.22. The van der Waals surface area contributed by atoms with E-state index in [0.29, 0.717) is 17.8 Å². The van der Waals surface area contributed by atoms with Crippen molar-refractivity contribution < 1.29 is 14.3 Å². The van der Waals surface area contributed by atoms with Gasteiger partial charge in [0.05, 0.1) is 5.56 Å². The van der Waals surface area contributed by atoms with Crippen LogP contribution in [-0.2, 0) is 16.1 Å². The second kappa shape index (κ2) is 8.40. The summed E-state index contributed by atoms with van der Waals surface area (Å²) in [6.07, 6.45) is 2.01. The van der Waals surface area contributed by atoms with Crippen LogP contribution in [-0.4, -0.2) is 36.7 Å². The number of esters is 1. The Morgan fingerprint density at radius 2 is 1.71 bits per heavy atom. The highest BCUT2D eigenvalue weighted by Crippen LogP contribution is 2.15. The number of benzene rings is 2. The van der Waals surface area contributed by atoms with E-state index in [0.717, 1.165) is 5.56 Å². The lowest BCUT2D eigenvalue weighted by Gasteiger charge is -2.17. The minimum Gasteiger partial charge on any atom is -0.452 e. The van der Waals surface area contributed by atoms with Crippen molar-refractivity contribution in [2.45, 2.75) is 11.4 Å². The first-order valence-corrected chi connectivity index (χ1v) is 8.61. The molecule has 0 bridgehead atoms. The maximum absolute atomic E-state index is 12.1.